The topological polar surface area (TPSA) is 115 Å². The number of terminal acetylenes is 1. The molecule has 5 aromatic rings. The summed E-state index contributed by atoms with van der Waals surface area (Å²) >= 11 is 0. The lowest BCUT2D eigenvalue weighted by Crippen LogP contribution is -2.56. The second kappa shape index (κ2) is 14.0. The highest BCUT2D eigenvalue weighted by atomic mass is 19.1. The van der Waals surface area contributed by atoms with Crippen LogP contribution in [-0.2, 0) is 11.2 Å². The van der Waals surface area contributed by atoms with E-state index in [0.717, 1.165) is 43.5 Å². The van der Waals surface area contributed by atoms with Gasteiger partial charge >= 0.3 is 6.01 Å². The first-order valence-corrected chi connectivity index (χ1v) is 20.0. The van der Waals surface area contributed by atoms with Gasteiger partial charge in [-0.05, 0) is 86.0 Å². The SMILES string of the molecule is C#Cc1c(F)ccc2cc(O)cc(-c3ncc4c(N5CC6CCC(C5)N6C(=O)c5ccc6c(c5)N(C(=O)C=C)CC6)nc(OCC56CCCN5CC(F)C6)nc4c3F)c12. The Morgan fingerprint density at radius 2 is 1.88 bits per heavy atom. The zero-order valence-corrected chi connectivity index (χ0v) is 32.1. The number of anilines is 2. The van der Waals surface area contributed by atoms with Gasteiger partial charge in [0.15, 0.2) is 5.82 Å². The van der Waals surface area contributed by atoms with Crippen LogP contribution in [0.15, 0.2) is 61.3 Å². The normalized spacial score (nSPS) is 23.5. The lowest BCUT2D eigenvalue weighted by Gasteiger charge is -2.42. The molecule has 7 heterocycles. The summed E-state index contributed by atoms with van der Waals surface area (Å²) in [4.78, 5) is 48.5. The highest BCUT2D eigenvalue weighted by Crippen LogP contribution is 2.43. The monoisotopic (exact) mass is 799 g/mol. The van der Waals surface area contributed by atoms with Crippen LogP contribution < -0.4 is 14.5 Å². The van der Waals surface area contributed by atoms with Crippen LogP contribution in [0.5, 0.6) is 11.8 Å². The Bertz CT molecular complexity index is 2660. The van der Waals surface area contributed by atoms with Crippen LogP contribution in [0.4, 0.5) is 24.7 Å². The number of aromatic nitrogens is 3. The summed E-state index contributed by atoms with van der Waals surface area (Å²) in [5.74, 6) is 0.683. The maximum atomic E-state index is 17.2. The van der Waals surface area contributed by atoms with E-state index < -0.39 is 23.3 Å². The molecule has 0 spiro atoms. The summed E-state index contributed by atoms with van der Waals surface area (Å²) in [5.41, 5.74) is 1.38. The summed E-state index contributed by atoms with van der Waals surface area (Å²) < 4.78 is 53.3. The summed E-state index contributed by atoms with van der Waals surface area (Å²) in [6, 6.07) is 10.4. The number of piperazine rings is 1. The molecule has 4 atom stereocenters. The molecule has 3 aromatic carbocycles. The fourth-order valence-corrected chi connectivity index (χ4v) is 10.3. The molecule has 11 nitrogen and oxygen atoms in total. The van der Waals surface area contributed by atoms with Gasteiger partial charge in [-0.15, -0.1) is 6.42 Å². The highest BCUT2D eigenvalue weighted by molar-refractivity contribution is 6.05. The van der Waals surface area contributed by atoms with Gasteiger partial charge in [0.05, 0.1) is 28.6 Å². The van der Waals surface area contributed by atoms with Crippen molar-refractivity contribution in [2.24, 2.45) is 0 Å². The Morgan fingerprint density at radius 1 is 1.07 bits per heavy atom. The van der Waals surface area contributed by atoms with Crippen molar-refractivity contribution in [3.8, 4) is 35.4 Å². The predicted octanol–water partition coefficient (Wildman–Crippen LogP) is 6.33. The molecular formula is C45H40F3N7O4. The Morgan fingerprint density at radius 3 is 2.66 bits per heavy atom. The van der Waals surface area contributed by atoms with Gasteiger partial charge < -0.3 is 24.5 Å². The first-order chi connectivity index (χ1) is 28.6. The molecule has 2 amide bonds. The van der Waals surface area contributed by atoms with E-state index in [1.165, 1.54) is 36.5 Å². The summed E-state index contributed by atoms with van der Waals surface area (Å²) in [6.07, 6.45) is 11.7. The molecule has 1 N–H and O–H groups in total. The molecule has 300 valence electrons. The third kappa shape index (κ3) is 5.96. The Balaban J connectivity index is 1.03. The van der Waals surface area contributed by atoms with Crippen LogP contribution in [-0.4, -0.2) is 105 Å². The third-order valence-electron chi connectivity index (χ3n) is 13.0. The van der Waals surface area contributed by atoms with E-state index in [0.29, 0.717) is 61.2 Å². The van der Waals surface area contributed by atoms with Crippen molar-refractivity contribution in [2.45, 2.75) is 62.3 Å². The largest absolute Gasteiger partial charge is 0.508 e. The smallest absolute Gasteiger partial charge is 0.319 e. The van der Waals surface area contributed by atoms with Crippen molar-refractivity contribution in [2.75, 3.05) is 49.1 Å². The van der Waals surface area contributed by atoms with E-state index in [1.807, 2.05) is 21.9 Å². The third-order valence-corrected chi connectivity index (χ3v) is 13.0. The van der Waals surface area contributed by atoms with Gasteiger partial charge in [0, 0.05) is 61.0 Å². The number of hydrogen-bond acceptors (Lipinski definition) is 9. The van der Waals surface area contributed by atoms with E-state index in [9.17, 15) is 19.1 Å². The summed E-state index contributed by atoms with van der Waals surface area (Å²) in [6.45, 7) is 6.13. The lowest BCUT2D eigenvalue weighted by molar-refractivity contribution is -0.114. The molecule has 2 bridgehead atoms. The maximum absolute atomic E-state index is 17.2. The molecule has 4 unspecified atom stereocenters. The Labute approximate surface area is 338 Å². The van der Waals surface area contributed by atoms with E-state index in [1.54, 1.807) is 11.0 Å². The molecule has 0 saturated carbocycles. The molecule has 14 heteroatoms. The average molecular weight is 800 g/mol. The summed E-state index contributed by atoms with van der Waals surface area (Å²) in [5, 5.41) is 11.6. The van der Waals surface area contributed by atoms with Crippen LogP contribution in [0.3, 0.4) is 0 Å². The fraction of sp³-hybridized carbons (Fsp3) is 0.356. The van der Waals surface area contributed by atoms with Gasteiger partial charge in [-0.2, -0.15) is 9.97 Å². The molecular weight excluding hydrogens is 760 g/mol. The maximum Gasteiger partial charge on any atom is 0.319 e. The number of hydrogen-bond donors (Lipinski definition) is 1. The second-order valence-corrected chi connectivity index (χ2v) is 16.3. The number of nitrogens with zero attached hydrogens (tertiary/aromatic N) is 7. The number of fused-ring (bicyclic) bond motifs is 6. The molecule has 4 fully saturated rings. The molecule has 59 heavy (non-hydrogen) atoms. The van der Waals surface area contributed by atoms with Crippen molar-refractivity contribution in [3.05, 3.63) is 89.6 Å². The van der Waals surface area contributed by atoms with Gasteiger partial charge in [-0.25, -0.2) is 13.2 Å². The standard InChI is InChI=1S/C45H40F3N7O4/c1-3-32-35(47)11-8-26-16-31(56)18-33(38(26)32)40-39(48)41-34(20-49-40)42(51-44(50-41)59-24-45-13-5-14-53(45)21-28(46)19-45)52-22-29-9-10-30(23-52)55(29)43(58)27-7-6-25-12-15-54(36(25)17-27)37(57)4-2/h1,4,6-8,11,16-18,20,28-30,56H,2,5,9-10,12-15,19,21-24H2. The number of phenols is 1. The molecule has 0 aliphatic carbocycles. The summed E-state index contributed by atoms with van der Waals surface area (Å²) in [7, 11) is 0. The minimum Gasteiger partial charge on any atom is -0.508 e. The molecule has 10 rings (SSSR count). The average Bonchev–Trinajstić information content (AvgIpc) is 3.98. The Hall–Kier alpha value is -6.20. The van der Waals surface area contributed by atoms with Gasteiger partial charge in [-0.1, -0.05) is 24.6 Å². The van der Waals surface area contributed by atoms with E-state index in [4.69, 9.17) is 16.1 Å². The first-order valence-electron chi connectivity index (χ1n) is 20.0. The number of rotatable bonds is 7. The van der Waals surface area contributed by atoms with E-state index >= 15 is 8.78 Å². The number of pyridine rings is 1. The van der Waals surface area contributed by atoms with Crippen LogP contribution in [0.25, 0.3) is 32.9 Å². The predicted molar refractivity (Wildman–Crippen MR) is 216 cm³/mol. The molecule has 5 aliphatic rings. The van der Waals surface area contributed by atoms with Gasteiger partial charge in [0.1, 0.15) is 41.4 Å². The molecule has 0 radical (unpaired) electrons. The molecule has 4 saturated heterocycles. The Kier molecular flexibility index (Phi) is 8.79. The lowest BCUT2D eigenvalue weighted by atomic mass is 9.95. The number of benzene rings is 3. The van der Waals surface area contributed by atoms with Gasteiger partial charge in [-0.3, -0.25) is 19.5 Å². The number of halogens is 3. The second-order valence-electron chi connectivity index (χ2n) is 16.3. The first kappa shape index (κ1) is 37.1. The zero-order valence-electron chi connectivity index (χ0n) is 32.1. The van der Waals surface area contributed by atoms with Crippen molar-refractivity contribution < 1.29 is 32.6 Å². The number of carbonyl (C=O) groups is 2. The highest BCUT2D eigenvalue weighted by Gasteiger charge is 2.50. The van der Waals surface area contributed by atoms with Crippen LogP contribution in [0.1, 0.15) is 53.6 Å². The molecule has 5 aliphatic heterocycles. The zero-order chi connectivity index (χ0) is 40.7. The number of ether oxygens (including phenoxy) is 1. The van der Waals surface area contributed by atoms with Crippen molar-refractivity contribution in [1.82, 2.24) is 24.8 Å². The number of alkyl halides is 1. The van der Waals surface area contributed by atoms with E-state index in [2.05, 4.69) is 27.4 Å². The minimum atomic E-state index is -0.979. The molecule has 2 aromatic heterocycles. The fourth-order valence-electron chi connectivity index (χ4n) is 10.3. The van der Waals surface area contributed by atoms with Gasteiger partial charge in [0.25, 0.3) is 5.91 Å². The number of carbonyl (C=O) groups excluding carboxylic acids is 2. The quantitative estimate of drug-likeness (QED) is 0.149. The van der Waals surface area contributed by atoms with Crippen molar-refractivity contribution >= 4 is 45.0 Å². The van der Waals surface area contributed by atoms with E-state index in [-0.39, 0.29) is 70.0 Å². The van der Waals surface area contributed by atoms with Crippen LogP contribution in [0.2, 0.25) is 0 Å². The van der Waals surface area contributed by atoms with Crippen molar-refractivity contribution in [3.63, 3.8) is 0 Å². The van der Waals surface area contributed by atoms with Crippen LogP contribution >= 0.6 is 0 Å². The minimum absolute atomic E-state index is 0.0867. The van der Waals surface area contributed by atoms with Gasteiger partial charge in [0.2, 0.25) is 5.91 Å². The number of phenolic OH excluding ortho intramolecular Hbond substituents is 1. The van der Waals surface area contributed by atoms with Crippen LogP contribution in [0, 0.1) is 24.0 Å². The number of aromatic hydroxyl groups is 1. The van der Waals surface area contributed by atoms with Crippen molar-refractivity contribution in [1.29, 1.82) is 0 Å². The number of amides is 2.